The smallest absolute Gasteiger partial charge is 0.191 e. The Labute approximate surface area is 122 Å². The highest BCUT2D eigenvalue weighted by atomic mass is 16.3. The van der Waals surface area contributed by atoms with Gasteiger partial charge in [0.15, 0.2) is 5.96 Å². The van der Waals surface area contributed by atoms with E-state index in [9.17, 15) is 0 Å². The van der Waals surface area contributed by atoms with E-state index in [2.05, 4.69) is 48.5 Å². The van der Waals surface area contributed by atoms with Gasteiger partial charge in [0.05, 0.1) is 6.26 Å². The highest BCUT2D eigenvalue weighted by Gasteiger charge is 2.19. The van der Waals surface area contributed by atoms with E-state index in [-0.39, 0.29) is 5.41 Å². The van der Waals surface area contributed by atoms with Gasteiger partial charge in [-0.25, -0.2) is 0 Å². The molecule has 0 saturated carbocycles. The lowest BCUT2D eigenvalue weighted by atomic mass is 9.93. The molecule has 1 aromatic heterocycles. The number of nitrogens with one attached hydrogen (secondary N) is 2. The Morgan fingerprint density at radius 1 is 1.35 bits per heavy atom. The van der Waals surface area contributed by atoms with Gasteiger partial charge in [-0.3, -0.25) is 4.99 Å². The molecule has 0 aromatic carbocycles. The fourth-order valence-electron chi connectivity index (χ4n) is 2.21. The van der Waals surface area contributed by atoms with E-state index < -0.39 is 0 Å². The molecule has 5 heteroatoms. The maximum atomic E-state index is 5.30. The summed E-state index contributed by atoms with van der Waals surface area (Å²) in [5.74, 6) is 1.82. The summed E-state index contributed by atoms with van der Waals surface area (Å²) in [6, 6.07) is 3.89. The van der Waals surface area contributed by atoms with E-state index >= 15 is 0 Å². The van der Waals surface area contributed by atoms with Gasteiger partial charge in [0.2, 0.25) is 0 Å². The summed E-state index contributed by atoms with van der Waals surface area (Å²) in [6.45, 7) is 7.21. The monoisotopic (exact) mass is 280 g/mol. The molecule has 0 fully saturated rings. The molecule has 0 saturated heterocycles. The van der Waals surface area contributed by atoms with Crippen molar-refractivity contribution in [3.8, 4) is 0 Å². The summed E-state index contributed by atoms with van der Waals surface area (Å²) in [4.78, 5) is 6.44. The van der Waals surface area contributed by atoms with Crippen molar-refractivity contribution in [2.45, 2.75) is 20.3 Å². The van der Waals surface area contributed by atoms with Gasteiger partial charge in [-0.2, -0.15) is 0 Å². The van der Waals surface area contributed by atoms with Crippen molar-refractivity contribution in [1.82, 2.24) is 15.5 Å². The van der Waals surface area contributed by atoms with Crippen LogP contribution < -0.4 is 10.6 Å². The molecule has 5 nitrogen and oxygen atoms in total. The van der Waals surface area contributed by atoms with Gasteiger partial charge in [-0.15, -0.1) is 0 Å². The lowest BCUT2D eigenvalue weighted by Crippen LogP contribution is -2.45. The first kappa shape index (κ1) is 16.6. The first-order valence-corrected chi connectivity index (χ1v) is 7.04. The molecule has 20 heavy (non-hydrogen) atoms. The zero-order valence-corrected chi connectivity index (χ0v) is 13.4. The van der Waals surface area contributed by atoms with E-state index in [4.69, 9.17) is 4.42 Å². The normalized spacial score (nSPS) is 12.8. The van der Waals surface area contributed by atoms with Crippen molar-refractivity contribution in [1.29, 1.82) is 0 Å². The quantitative estimate of drug-likeness (QED) is 0.588. The lowest BCUT2D eigenvalue weighted by Gasteiger charge is -2.29. The standard InChI is InChI=1S/C15H28N4O/c1-15(2,12-19(4)5)11-18-14(16-3)17-9-8-13-7-6-10-20-13/h6-7,10H,8-9,11-12H2,1-5H3,(H2,16,17,18). The fourth-order valence-corrected chi connectivity index (χ4v) is 2.21. The number of rotatable bonds is 7. The van der Waals surface area contributed by atoms with Gasteiger partial charge in [-0.05, 0) is 31.6 Å². The zero-order valence-electron chi connectivity index (χ0n) is 13.4. The Kier molecular flexibility index (Phi) is 6.58. The molecule has 1 heterocycles. The van der Waals surface area contributed by atoms with Crippen molar-refractivity contribution in [3.05, 3.63) is 24.2 Å². The number of hydrogen-bond acceptors (Lipinski definition) is 3. The molecule has 0 amide bonds. The van der Waals surface area contributed by atoms with Crippen LogP contribution in [0.15, 0.2) is 27.8 Å². The molecule has 1 rings (SSSR count). The van der Waals surface area contributed by atoms with Crippen LogP contribution in [0.2, 0.25) is 0 Å². The Bertz CT molecular complexity index is 396. The maximum absolute atomic E-state index is 5.30. The Hall–Kier alpha value is -1.49. The highest BCUT2D eigenvalue weighted by Crippen LogP contribution is 2.13. The molecule has 0 atom stereocenters. The third-order valence-corrected chi connectivity index (χ3v) is 2.95. The van der Waals surface area contributed by atoms with E-state index in [1.54, 1.807) is 13.3 Å². The molecule has 0 aliphatic carbocycles. The average molecular weight is 280 g/mol. The summed E-state index contributed by atoms with van der Waals surface area (Å²) in [6.07, 6.45) is 2.56. The van der Waals surface area contributed by atoms with Crippen molar-refractivity contribution in [3.63, 3.8) is 0 Å². The second-order valence-electron chi connectivity index (χ2n) is 6.08. The van der Waals surface area contributed by atoms with Crippen LogP contribution in [0.1, 0.15) is 19.6 Å². The van der Waals surface area contributed by atoms with Gasteiger partial charge >= 0.3 is 0 Å². The van der Waals surface area contributed by atoms with Crippen LogP contribution in [0.5, 0.6) is 0 Å². The van der Waals surface area contributed by atoms with Gasteiger partial charge in [0, 0.05) is 33.1 Å². The number of furan rings is 1. The fraction of sp³-hybridized carbons (Fsp3) is 0.667. The molecule has 0 radical (unpaired) electrons. The van der Waals surface area contributed by atoms with Crippen LogP contribution in [0.25, 0.3) is 0 Å². The van der Waals surface area contributed by atoms with Crippen LogP contribution in [-0.4, -0.2) is 51.6 Å². The summed E-state index contributed by atoms with van der Waals surface area (Å²) in [7, 11) is 5.98. The van der Waals surface area contributed by atoms with E-state index in [0.717, 1.165) is 37.8 Å². The third-order valence-electron chi connectivity index (χ3n) is 2.95. The predicted molar refractivity (Wildman–Crippen MR) is 84.1 cm³/mol. The highest BCUT2D eigenvalue weighted by molar-refractivity contribution is 5.79. The van der Waals surface area contributed by atoms with Crippen molar-refractivity contribution in [2.24, 2.45) is 10.4 Å². The maximum Gasteiger partial charge on any atom is 0.191 e. The topological polar surface area (TPSA) is 52.8 Å². The second-order valence-corrected chi connectivity index (χ2v) is 6.08. The molecular formula is C15H28N4O. The first-order chi connectivity index (χ1) is 9.43. The van der Waals surface area contributed by atoms with Gasteiger partial charge in [-0.1, -0.05) is 13.8 Å². The summed E-state index contributed by atoms with van der Waals surface area (Å²) in [5.41, 5.74) is 0.197. The van der Waals surface area contributed by atoms with Gasteiger partial charge in [0.1, 0.15) is 5.76 Å². The molecule has 114 valence electrons. The van der Waals surface area contributed by atoms with Crippen LogP contribution in [-0.2, 0) is 6.42 Å². The Morgan fingerprint density at radius 2 is 2.10 bits per heavy atom. The van der Waals surface area contributed by atoms with E-state index in [1.807, 2.05) is 12.1 Å². The van der Waals surface area contributed by atoms with Gasteiger partial charge in [0.25, 0.3) is 0 Å². The largest absolute Gasteiger partial charge is 0.469 e. The Balaban J connectivity index is 2.29. The minimum atomic E-state index is 0.197. The number of aliphatic imine (C=N–C) groups is 1. The van der Waals surface area contributed by atoms with Crippen molar-refractivity contribution < 1.29 is 4.42 Å². The molecular weight excluding hydrogens is 252 g/mol. The molecule has 0 aliphatic rings. The minimum absolute atomic E-state index is 0.197. The van der Waals surface area contributed by atoms with E-state index in [1.165, 1.54) is 0 Å². The Morgan fingerprint density at radius 3 is 2.65 bits per heavy atom. The molecule has 0 spiro atoms. The zero-order chi connectivity index (χ0) is 15.0. The van der Waals surface area contributed by atoms with Crippen LogP contribution in [0.3, 0.4) is 0 Å². The van der Waals surface area contributed by atoms with Crippen LogP contribution in [0, 0.1) is 5.41 Å². The summed E-state index contributed by atoms with van der Waals surface area (Å²) in [5, 5.41) is 6.68. The molecule has 0 aliphatic heterocycles. The number of hydrogen-bond donors (Lipinski definition) is 2. The predicted octanol–water partition coefficient (Wildman–Crippen LogP) is 1.57. The SMILES string of the molecule is CN=C(NCCc1ccco1)NCC(C)(C)CN(C)C. The molecule has 0 bridgehead atoms. The van der Waals surface area contributed by atoms with Crippen molar-refractivity contribution in [2.75, 3.05) is 40.8 Å². The molecule has 1 aromatic rings. The summed E-state index contributed by atoms with van der Waals surface area (Å²) < 4.78 is 5.30. The summed E-state index contributed by atoms with van der Waals surface area (Å²) >= 11 is 0. The second kappa shape index (κ2) is 7.94. The third kappa shape index (κ3) is 6.61. The minimum Gasteiger partial charge on any atom is -0.469 e. The van der Waals surface area contributed by atoms with Crippen LogP contribution in [0.4, 0.5) is 0 Å². The number of guanidine groups is 1. The van der Waals surface area contributed by atoms with Crippen LogP contribution >= 0.6 is 0 Å². The lowest BCUT2D eigenvalue weighted by molar-refractivity contribution is 0.241. The molecule has 2 N–H and O–H groups in total. The van der Waals surface area contributed by atoms with E-state index in [0.29, 0.717) is 0 Å². The molecule has 0 unspecified atom stereocenters. The number of nitrogens with zero attached hydrogens (tertiary/aromatic N) is 2. The first-order valence-electron chi connectivity index (χ1n) is 7.04. The average Bonchev–Trinajstić information content (AvgIpc) is 2.85. The van der Waals surface area contributed by atoms with Crippen molar-refractivity contribution >= 4 is 5.96 Å². The van der Waals surface area contributed by atoms with Gasteiger partial charge < -0.3 is 20.0 Å².